The molecule has 1 spiro atoms. The lowest BCUT2D eigenvalue weighted by Gasteiger charge is -2.32. The van der Waals surface area contributed by atoms with E-state index in [4.69, 9.17) is 15.2 Å². The van der Waals surface area contributed by atoms with Crippen molar-refractivity contribution in [3.63, 3.8) is 0 Å². The second kappa shape index (κ2) is 8.33. The van der Waals surface area contributed by atoms with E-state index in [2.05, 4.69) is 21.2 Å². The summed E-state index contributed by atoms with van der Waals surface area (Å²) in [6, 6.07) is 1.10. The van der Waals surface area contributed by atoms with Crippen LogP contribution in [-0.2, 0) is 26.3 Å². The Hall–Kier alpha value is -2.13. The van der Waals surface area contributed by atoms with Crippen LogP contribution in [0.3, 0.4) is 0 Å². The molecule has 3 N–H and O–H groups in total. The van der Waals surface area contributed by atoms with Crippen molar-refractivity contribution in [1.29, 1.82) is 0 Å². The van der Waals surface area contributed by atoms with Crippen molar-refractivity contribution in [3.8, 4) is 5.75 Å². The summed E-state index contributed by atoms with van der Waals surface area (Å²) in [5.74, 6) is -0.585. The first-order valence-corrected chi connectivity index (χ1v) is 11.8. The van der Waals surface area contributed by atoms with Gasteiger partial charge in [-0.15, -0.1) is 0 Å². The number of piperidine rings is 1. The minimum Gasteiger partial charge on any atom is -0.492 e. The molecule has 8 nitrogen and oxygen atoms in total. The van der Waals surface area contributed by atoms with Gasteiger partial charge in [0.1, 0.15) is 17.4 Å². The fraction of sp³-hybridized carbons (Fsp3) is 0.609. The lowest BCUT2D eigenvalue weighted by molar-refractivity contribution is -0.155. The second-order valence-electron chi connectivity index (χ2n) is 9.88. The number of esters is 1. The van der Waals surface area contributed by atoms with Crippen LogP contribution in [0, 0.1) is 0 Å². The van der Waals surface area contributed by atoms with Crippen LogP contribution in [0.4, 0.5) is 0 Å². The fourth-order valence-electron chi connectivity index (χ4n) is 4.97. The van der Waals surface area contributed by atoms with Gasteiger partial charge in [0.2, 0.25) is 5.91 Å². The number of hydrogen-bond acceptors (Lipinski definition) is 6. The highest BCUT2D eigenvalue weighted by Gasteiger charge is 2.47. The van der Waals surface area contributed by atoms with Gasteiger partial charge in [0.25, 0.3) is 5.91 Å². The Morgan fingerprint density at radius 2 is 2.03 bits per heavy atom. The number of carbonyl (C=O) groups excluding carboxylic acids is 3. The maximum Gasteiger partial charge on any atom is 0.306 e. The first kappa shape index (κ1) is 23.0. The zero-order valence-electron chi connectivity index (χ0n) is 18.8. The van der Waals surface area contributed by atoms with Crippen molar-refractivity contribution in [1.82, 2.24) is 10.2 Å². The number of nitrogens with one attached hydrogen (secondary N) is 1. The van der Waals surface area contributed by atoms with Crippen molar-refractivity contribution >= 4 is 33.7 Å². The van der Waals surface area contributed by atoms with Crippen molar-refractivity contribution in [2.45, 2.75) is 70.1 Å². The zero-order valence-corrected chi connectivity index (χ0v) is 20.3. The predicted molar refractivity (Wildman–Crippen MR) is 121 cm³/mol. The molecule has 0 aliphatic carbocycles. The summed E-state index contributed by atoms with van der Waals surface area (Å²) in [5, 5.41) is 3.39. The molecule has 3 aliphatic heterocycles. The van der Waals surface area contributed by atoms with Gasteiger partial charge in [0, 0.05) is 27.4 Å². The van der Waals surface area contributed by atoms with Crippen molar-refractivity contribution in [3.05, 3.63) is 27.2 Å². The minimum atomic E-state index is -0.904. The first-order chi connectivity index (χ1) is 15.0. The number of carbonyl (C=O) groups is 3. The normalized spacial score (nSPS) is 20.0. The summed E-state index contributed by atoms with van der Waals surface area (Å²) < 4.78 is 12.2. The van der Waals surface area contributed by atoms with Crippen molar-refractivity contribution in [2.24, 2.45) is 5.73 Å². The molecule has 3 heterocycles. The highest BCUT2D eigenvalue weighted by atomic mass is 79.9. The number of rotatable bonds is 5. The van der Waals surface area contributed by atoms with Gasteiger partial charge >= 0.3 is 5.97 Å². The van der Waals surface area contributed by atoms with E-state index in [1.54, 1.807) is 20.8 Å². The van der Waals surface area contributed by atoms with Crippen molar-refractivity contribution < 1.29 is 23.9 Å². The molecule has 1 aromatic carbocycles. The maximum absolute atomic E-state index is 13.3. The van der Waals surface area contributed by atoms with Crippen LogP contribution < -0.4 is 15.8 Å². The fourth-order valence-corrected chi connectivity index (χ4v) is 5.61. The summed E-state index contributed by atoms with van der Waals surface area (Å²) in [7, 11) is 0. The molecular weight excluding hydrogens is 478 g/mol. The van der Waals surface area contributed by atoms with E-state index < -0.39 is 23.5 Å². The van der Waals surface area contributed by atoms with Gasteiger partial charge in [0.05, 0.1) is 18.7 Å². The van der Waals surface area contributed by atoms with Gasteiger partial charge in [-0.25, -0.2) is 0 Å². The Labute approximate surface area is 196 Å². The number of hydrogen-bond donors (Lipinski definition) is 2. The number of halogens is 1. The number of nitrogens with two attached hydrogens (primary N) is 1. The number of primary amides is 1. The topological polar surface area (TPSA) is 111 Å². The minimum absolute atomic E-state index is 0.00309. The number of nitrogens with zero attached hydrogens (tertiary/aromatic N) is 1. The first-order valence-electron chi connectivity index (χ1n) is 11.0. The molecule has 1 saturated heterocycles. The third-order valence-electron chi connectivity index (χ3n) is 6.50. The molecule has 3 aliphatic rings. The third-order valence-corrected chi connectivity index (χ3v) is 7.13. The zero-order chi connectivity index (χ0) is 23.3. The average molecular weight is 508 g/mol. The smallest absolute Gasteiger partial charge is 0.306 e. The summed E-state index contributed by atoms with van der Waals surface area (Å²) in [5.41, 5.74) is 7.42. The summed E-state index contributed by atoms with van der Waals surface area (Å²) in [6.45, 7) is 8.03. The highest BCUT2D eigenvalue weighted by Crippen LogP contribution is 2.50. The summed E-state index contributed by atoms with van der Waals surface area (Å²) in [4.78, 5) is 39.2. The maximum atomic E-state index is 13.3. The standard InChI is InChI=1S/C23H30BrN3O5/c1-22(2,3)32-17(28)5-4-16(20(25)29)27-11-13-18(21(27)30)15(24)10-14-19(13)31-12-23(14)6-8-26-9-7-23/h10,16,26H,4-9,11-12H2,1-3H3,(H2,25,29). The second-order valence-corrected chi connectivity index (χ2v) is 10.7. The molecule has 0 radical (unpaired) electrons. The van der Waals surface area contributed by atoms with Crippen LogP contribution in [0.5, 0.6) is 5.75 Å². The molecule has 4 rings (SSSR count). The summed E-state index contributed by atoms with van der Waals surface area (Å²) >= 11 is 3.59. The molecule has 0 saturated carbocycles. The predicted octanol–water partition coefficient (Wildman–Crippen LogP) is 2.39. The number of ether oxygens (including phenoxy) is 2. The van der Waals surface area contributed by atoms with Gasteiger partial charge in [-0.05, 0) is 75.1 Å². The molecule has 174 valence electrons. The summed E-state index contributed by atoms with van der Waals surface area (Å²) in [6.07, 6.45) is 2.06. The van der Waals surface area contributed by atoms with E-state index in [-0.39, 0.29) is 30.7 Å². The van der Waals surface area contributed by atoms with E-state index in [9.17, 15) is 14.4 Å². The number of fused-ring (bicyclic) bond motifs is 4. The van der Waals surface area contributed by atoms with Gasteiger partial charge in [-0.2, -0.15) is 0 Å². The van der Waals surface area contributed by atoms with Gasteiger partial charge in [0.15, 0.2) is 0 Å². The average Bonchev–Trinajstić information content (AvgIpc) is 3.21. The van der Waals surface area contributed by atoms with E-state index in [0.717, 1.165) is 42.8 Å². The molecule has 2 amide bonds. The molecule has 0 bridgehead atoms. The third kappa shape index (κ3) is 4.12. The Balaban J connectivity index is 1.59. The van der Waals surface area contributed by atoms with Crippen molar-refractivity contribution in [2.75, 3.05) is 19.7 Å². The number of amides is 2. The van der Waals surface area contributed by atoms with Gasteiger partial charge in [-0.1, -0.05) is 0 Å². The quantitative estimate of drug-likeness (QED) is 0.591. The van der Waals surface area contributed by atoms with E-state index in [1.165, 1.54) is 4.90 Å². The Morgan fingerprint density at radius 3 is 2.66 bits per heavy atom. The van der Waals surface area contributed by atoms with Gasteiger partial charge in [-0.3, -0.25) is 14.4 Å². The van der Waals surface area contributed by atoms with Crippen LogP contribution in [0.1, 0.15) is 67.9 Å². The molecule has 1 aromatic rings. The largest absolute Gasteiger partial charge is 0.492 e. The molecule has 32 heavy (non-hydrogen) atoms. The lowest BCUT2D eigenvalue weighted by atomic mass is 9.74. The Kier molecular flexibility index (Phi) is 6.00. The molecule has 9 heteroatoms. The molecule has 0 aromatic heterocycles. The molecule has 1 atom stereocenters. The monoisotopic (exact) mass is 507 g/mol. The Bertz CT molecular complexity index is 965. The van der Waals surface area contributed by atoms with Crippen LogP contribution in [-0.4, -0.2) is 54.0 Å². The van der Waals surface area contributed by atoms with Crippen LogP contribution in [0.15, 0.2) is 10.5 Å². The van der Waals surface area contributed by atoms with Gasteiger partial charge < -0.3 is 25.4 Å². The van der Waals surface area contributed by atoms with E-state index in [1.807, 2.05) is 6.07 Å². The lowest BCUT2D eigenvalue weighted by Crippen LogP contribution is -2.45. The highest BCUT2D eigenvalue weighted by molar-refractivity contribution is 9.10. The van der Waals surface area contributed by atoms with Crippen LogP contribution in [0.25, 0.3) is 0 Å². The van der Waals surface area contributed by atoms with E-state index in [0.29, 0.717) is 16.6 Å². The molecule has 1 fully saturated rings. The van der Waals surface area contributed by atoms with Crippen LogP contribution in [0.2, 0.25) is 0 Å². The SMILES string of the molecule is CC(C)(C)OC(=O)CCC(C(N)=O)N1Cc2c3c(cc(Br)c2C1=O)C1(CCNCC1)CO3. The molecular formula is C23H30BrN3O5. The molecule has 1 unspecified atom stereocenters. The number of benzene rings is 1. The van der Waals surface area contributed by atoms with Crippen LogP contribution >= 0.6 is 15.9 Å². The Morgan fingerprint density at radius 1 is 1.34 bits per heavy atom. The van der Waals surface area contributed by atoms with E-state index >= 15 is 0 Å².